The lowest BCUT2D eigenvalue weighted by Gasteiger charge is -2.35. The predicted octanol–water partition coefficient (Wildman–Crippen LogP) is 1.07. The lowest BCUT2D eigenvalue weighted by atomic mass is 10.1. The summed E-state index contributed by atoms with van der Waals surface area (Å²) in [6.07, 6.45) is 0. The molecule has 1 aliphatic heterocycles. The van der Waals surface area contributed by atoms with Gasteiger partial charge in [0.05, 0.1) is 6.04 Å². The van der Waals surface area contributed by atoms with E-state index in [9.17, 15) is 12.8 Å². The van der Waals surface area contributed by atoms with Gasteiger partial charge in [0.25, 0.3) is 10.2 Å². The summed E-state index contributed by atoms with van der Waals surface area (Å²) in [4.78, 5) is 6.39. The molecule has 1 aromatic carbocycles. The van der Waals surface area contributed by atoms with Crippen molar-refractivity contribution in [2.45, 2.75) is 19.9 Å². The van der Waals surface area contributed by atoms with Crippen molar-refractivity contribution >= 4 is 10.2 Å². The molecule has 1 aliphatic rings. The molecule has 2 aromatic rings. The van der Waals surface area contributed by atoms with Crippen LogP contribution in [0.25, 0.3) is 11.4 Å². The van der Waals surface area contributed by atoms with E-state index >= 15 is 0 Å². The molecule has 0 radical (unpaired) electrons. The SMILES string of the molecule is Cc1ccc(-c2noc(C(C)N3CCN(S(N)(=O)=O)CC3)n2)cc1F. The number of nitrogens with zero attached hydrogens (tertiary/aromatic N) is 4. The van der Waals surface area contributed by atoms with E-state index in [1.165, 1.54) is 10.4 Å². The van der Waals surface area contributed by atoms with Gasteiger partial charge in [-0.15, -0.1) is 0 Å². The molecule has 1 fully saturated rings. The highest BCUT2D eigenvalue weighted by atomic mass is 32.2. The highest BCUT2D eigenvalue weighted by Gasteiger charge is 2.29. The van der Waals surface area contributed by atoms with Crippen LogP contribution in [0.3, 0.4) is 0 Å². The van der Waals surface area contributed by atoms with Crippen LogP contribution in [-0.4, -0.2) is 53.9 Å². The topological polar surface area (TPSA) is 106 Å². The summed E-state index contributed by atoms with van der Waals surface area (Å²) in [5, 5.41) is 9.06. The average molecular weight is 369 g/mol. The Morgan fingerprint density at radius 2 is 1.96 bits per heavy atom. The molecule has 2 N–H and O–H groups in total. The standard InChI is InChI=1S/C15H20FN5O3S/c1-10-3-4-12(9-13(10)16)14-18-15(24-19-14)11(2)20-5-7-21(8-6-20)25(17,22)23/h3-4,9,11H,5-8H2,1-2H3,(H2,17,22,23). The molecule has 0 spiro atoms. The quantitative estimate of drug-likeness (QED) is 0.864. The van der Waals surface area contributed by atoms with Crippen molar-refractivity contribution in [2.75, 3.05) is 26.2 Å². The molecule has 1 saturated heterocycles. The maximum atomic E-state index is 13.7. The molecular weight excluding hydrogens is 349 g/mol. The van der Waals surface area contributed by atoms with Gasteiger partial charge in [-0.3, -0.25) is 4.90 Å². The van der Waals surface area contributed by atoms with E-state index in [1.807, 2.05) is 11.8 Å². The Hall–Kier alpha value is -1.88. The van der Waals surface area contributed by atoms with E-state index in [0.29, 0.717) is 49.0 Å². The Labute approximate surface area is 145 Å². The fraction of sp³-hybridized carbons (Fsp3) is 0.467. The molecule has 2 heterocycles. The van der Waals surface area contributed by atoms with Crippen LogP contribution < -0.4 is 5.14 Å². The van der Waals surface area contributed by atoms with Gasteiger partial charge in [-0.2, -0.15) is 17.7 Å². The molecule has 1 atom stereocenters. The van der Waals surface area contributed by atoms with Gasteiger partial charge in [-0.1, -0.05) is 17.3 Å². The molecule has 3 rings (SSSR count). The monoisotopic (exact) mass is 369 g/mol. The summed E-state index contributed by atoms with van der Waals surface area (Å²) in [5.41, 5.74) is 1.10. The van der Waals surface area contributed by atoms with Crippen molar-refractivity contribution in [2.24, 2.45) is 5.14 Å². The van der Waals surface area contributed by atoms with Crippen LogP contribution in [0, 0.1) is 12.7 Å². The number of rotatable bonds is 4. The van der Waals surface area contributed by atoms with Crippen LogP contribution in [-0.2, 0) is 10.2 Å². The summed E-state index contributed by atoms with van der Waals surface area (Å²) in [6, 6.07) is 4.60. The van der Waals surface area contributed by atoms with Crippen LogP contribution in [0.15, 0.2) is 22.7 Å². The Balaban J connectivity index is 1.71. The van der Waals surface area contributed by atoms with Gasteiger partial charge in [0, 0.05) is 31.7 Å². The molecule has 0 amide bonds. The molecule has 8 nitrogen and oxygen atoms in total. The zero-order valence-electron chi connectivity index (χ0n) is 14.0. The predicted molar refractivity (Wildman–Crippen MR) is 89.1 cm³/mol. The van der Waals surface area contributed by atoms with Gasteiger partial charge in [-0.25, -0.2) is 9.53 Å². The summed E-state index contributed by atoms with van der Waals surface area (Å²) in [7, 11) is -3.66. The second-order valence-corrected chi connectivity index (χ2v) is 7.62. The first-order chi connectivity index (χ1) is 11.8. The Kier molecular flexibility index (Phi) is 4.87. The summed E-state index contributed by atoms with van der Waals surface area (Å²) >= 11 is 0. The molecular formula is C15H20FN5O3S. The van der Waals surface area contributed by atoms with Crippen molar-refractivity contribution in [3.63, 3.8) is 0 Å². The number of hydrogen-bond acceptors (Lipinski definition) is 6. The van der Waals surface area contributed by atoms with Gasteiger partial charge in [-0.05, 0) is 25.5 Å². The maximum Gasteiger partial charge on any atom is 0.276 e. The normalized spacial score (nSPS) is 18.4. The molecule has 0 bridgehead atoms. The van der Waals surface area contributed by atoms with Crippen LogP contribution in [0.5, 0.6) is 0 Å². The molecule has 136 valence electrons. The van der Waals surface area contributed by atoms with Gasteiger partial charge >= 0.3 is 0 Å². The third-order valence-electron chi connectivity index (χ3n) is 4.41. The molecule has 25 heavy (non-hydrogen) atoms. The first kappa shape index (κ1) is 17.9. The molecule has 0 aliphatic carbocycles. The third-order valence-corrected chi connectivity index (χ3v) is 5.49. The van der Waals surface area contributed by atoms with Crippen LogP contribution >= 0.6 is 0 Å². The number of nitrogens with two attached hydrogens (primary N) is 1. The molecule has 10 heteroatoms. The van der Waals surface area contributed by atoms with Crippen molar-refractivity contribution in [1.29, 1.82) is 0 Å². The largest absolute Gasteiger partial charge is 0.337 e. The van der Waals surface area contributed by atoms with E-state index in [1.54, 1.807) is 19.1 Å². The van der Waals surface area contributed by atoms with E-state index in [4.69, 9.17) is 9.66 Å². The van der Waals surface area contributed by atoms with E-state index < -0.39 is 10.2 Å². The van der Waals surface area contributed by atoms with E-state index in [0.717, 1.165) is 0 Å². The number of piperazine rings is 1. The van der Waals surface area contributed by atoms with Gasteiger partial charge in [0.2, 0.25) is 11.7 Å². The minimum atomic E-state index is -3.66. The highest BCUT2D eigenvalue weighted by molar-refractivity contribution is 7.86. The van der Waals surface area contributed by atoms with Crippen LogP contribution in [0.1, 0.15) is 24.4 Å². The van der Waals surface area contributed by atoms with Crippen molar-refractivity contribution in [3.05, 3.63) is 35.5 Å². The minimum absolute atomic E-state index is 0.181. The summed E-state index contributed by atoms with van der Waals surface area (Å²) in [5.74, 6) is 0.403. The zero-order valence-corrected chi connectivity index (χ0v) is 14.8. The molecule has 1 aromatic heterocycles. The lowest BCUT2D eigenvalue weighted by molar-refractivity contribution is 0.124. The van der Waals surface area contributed by atoms with Crippen LogP contribution in [0.4, 0.5) is 4.39 Å². The average Bonchev–Trinajstić information content (AvgIpc) is 3.06. The maximum absolute atomic E-state index is 13.7. The van der Waals surface area contributed by atoms with Crippen LogP contribution in [0.2, 0.25) is 0 Å². The van der Waals surface area contributed by atoms with Gasteiger partial charge in [0.1, 0.15) is 5.82 Å². The fourth-order valence-electron chi connectivity index (χ4n) is 2.76. The summed E-state index contributed by atoms with van der Waals surface area (Å²) < 4.78 is 43.0. The van der Waals surface area contributed by atoms with E-state index in [-0.39, 0.29) is 11.9 Å². The number of aryl methyl sites for hydroxylation is 1. The molecule has 0 saturated carbocycles. The van der Waals surface area contributed by atoms with Gasteiger partial charge in [0.15, 0.2) is 0 Å². The third kappa shape index (κ3) is 3.87. The fourth-order valence-corrected chi connectivity index (χ4v) is 3.43. The highest BCUT2D eigenvalue weighted by Crippen LogP contribution is 2.24. The van der Waals surface area contributed by atoms with Crippen molar-refractivity contribution in [1.82, 2.24) is 19.3 Å². The number of aromatic nitrogens is 2. The first-order valence-electron chi connectivity index (χ1n) is 7.88. The zero-order chi connectivity index (χ0) is 18.2. The first-order valence-corrected chi connectivity index (χ1v) is 9.38. The Morgan fingerprint density at radius 1 is 1.28 bits per heavy atom. The molecule has 1 unspecified atom stereocenters. The Bertz CT molecular complexity index is 862. The van der Waals surface area contributed by atoms with E-state index in [2.05, 4.69) is 10.1 Å². The second kappa shape index (κ2) is 6.79. The van der Waals surface area contributed by atoms with Crippen molar-refractivity contribution in [3.8, 4) is 11.4 Å². The van der Waals surface area contributed by atoms with Gasteiger partial charge < -0.3 is 4.52 Å². The number of benzene rings is 1. The minimum Gasteiger partial charge on any atom is -0.337 e. The number of halogens is 1. The smallest absolute Gasteiger partial charge is 0.276 e. The second-order valence-electron chi connectivity index (χ2n) is 6.08. The number of hydrogen-bond donors (Lipinski definition) is 1. The van der Waals surface area contributed by atoms with Crippen molar-refractivity contribution < 1.29 is 17.3 Å². The Morgan fingerprint density at radius 3 is 2.56 bits per heavy atom. The lowest BCUT2D eigenvalue weighted by Crippen LogP contribution is -2.51. The summed E-state index contributed by atoms with van der Waals surface area (Å²) in [6.45, 7) is 5.23.